The maximum atomic E-state index is 12.1. The first-order valence-electron chi connectivity index (χ1n) is 6.49. The Morgan fingerprint density at radius 2 is 1.90 bits per heavy atom. The number of aromatic carboxylic acids is 1. The van der Waals surface area contributed by atoms with Gasteiger partial charge in [-0.25, -0.2) is 13.2 Å². The number of carboxylic acids is 1. The van der Waals surface area contributed by atoms with Crippen LogP contribution < -0.4 is 4.72 Å². The molecule has 1 atom stereocenters. The SMILES string of the molecule is Cc1ccc(NS(=O)(=O)C(C)CC(C)C)cc1C(=O)O. The Kier molecular flexibility index (Phi) is 5.16. The molecule has 1 unspecified atom stereocenters. The van der Waals surface area contributed by atoms with Gasteiger partial charge >= 0.3 is 5.97 Å². The lowest BCUT2D eigenvalue weighted by Crippen LogP contribution is -2.26. The summed E-state index contributed by atoms with van der Waals surface area (Å²) in [6.07, 6.45) is 0.549. The van der Waals surface area contributed by atoms with Crippen LogP contribution in [0.2, 0.25) is 0 Å². The molecule has 0 bridgehead atoms. The third kappa shape index (κ3) is 4.23. The van der Waals surface area contributed by atoms with Crippen molar-refractivity contribution in [3.63, 3.8) is 0 Å². The van der Waals surface area contributed by atoms with Crippen LogP contribution >= 0.6 is 0 Å². The smallest absolute Gasteiger partial charge is 0.336 e. The maximum absolute atomic E-state index is 12.1. The summed E-state index contributed by atoms with van der Waals surface area (Å²) in [5, 5.41) is 8.51. The molecule has 0 aliphatic rings. The summed E-state index contributed by atoms with van der Waals surface area (Å²) >= 11 is 0. The van der Waals surface area contributed by atoms with E-state index in [2.05, 4.69) is 4.72 Å². The standard InChI is InChI=1S/C14H21NO4S/c1-9(2)7-11(4)20(18,19)15-12-6-5-10(3)13(8-12)14(16)17/h5-6,8-9,11,15H,7H2,1-4H3,(H,16,17). The molecule has 1 rings (SSSR count). The van der Waals surface area contributed by atoms with Gasteiger partial charge in [-0.2, -0.15) is 0 Å². The molecule has 0 aliphatic carbocycles. The van der Waals surface area contributed by atoms with Crippen molar-refractivity contribution in [1.82, 2.24) is 0 Å². The van der Waals surface area contributed by atoms with Gasteiger partial charge in [-0.1, -0.05) is 19.9 Å². The van der Waals surface area contributed by atoms with Crippen LogP contribution in [0.5, 0.6) is 0 Å². The lowest BCUT2D eigenvalue weighted by Gasteiger charge is -2.17. The van der Waals surface area contributed by atoms with E-state index in [1.165, 1.54) is 6.07 Å². The average molecular weight is 299 g/mol. The topological polar surface area (TPSA) is 83.5 Å². The highest BCUT2D eigenvalue weighted by molar-refractivity contribution is 7.93. The monoisotopic (exact) mass is 299 g/mol. The summed E-state index contributed by atoms with van der Waals surface area (Å²) in [5.41, 5.74) is 0.973. The molecule has 0 aromatic heterocycles. The second-order valence-corrected chi connectivity index (χ2v) is 7.52. The molecule has 1 aromatic carbocycles. The van der Waals surface area contributed by atoms with Gasteiger partial charge in [0.15, 0.2) is 0 Å². The molecule has 20 heavy (non-hydrogen) atoms. The van der Waals surface area contributed by atoms with E-state index in [0.29, 0.717) is 12.0 Å². The Morgan fingerprint density at radius 1 is 1.30 bits per heavy atom. The van der Waals surface area contributed by atoms with Crippen LogP contribution in [0.1, 0.15) is 43.1 Å². The van der Waals surface area contributed by atoms with Crippen LogP contribution in [-0.2, 0) is 10.0 Å². The van der Waals surface area contributed by atoms with Gasteiger partial charge in [0, 0.05) is 5.69 Å². The van der Waals surface area contributed by atoms with Crippen molar-refractivity contribution in [3.05, 3.63) is 29.3 Å². The minimum absolute atomic E-state index is 0.0988. The first kappa shape index (κ1) is 16.5. The zero-order valence-corrected chi connectivity index (χ0v) is 13.0. The number of hydrogen-bond acceptors (Lipinski definition) is 3. The van der Waals surface area contributed by atoms with Gasteiger partial charge in [-0.3, -0.25) is 4.72 Å². The van der Waals surface area contributed by atoms with E-state index in [1.807, 2.05) is 13.8 Å². The minimum Gasteiger partial charge on any atom is -0.478 e. The van der Waals surface area contributed by atoms with Crippen LogP contribution in [0, 0.1) is 12.8 Å². The van der Waals surface area contributed by atoms with Gasteiger partial charge < -0.3 is 5.11 Å². The minimum atomic E-state index is -3.51. The number of anilines is 1. The molecule has 0 saturated heterocycles. The molecule has 6 heteroatoms. The summed E-state index contributed by atoms with van der Waals surface area (Å²) in [7, 11) is -3.51. The Balaban J connectivity index is 2.98. The summed E-state index contributed by atoms with van der Waals surface area (Å²) in [5.74, 6) is -0.798. The lowest BCUT2D eigenvalue weighted by atomic mass is 10.1. The number of aryl methyl sites for hydroxylation is 1. The molecular weight excluding hydrogens is 278 g/mol. The first-order chi connectivity index (χ1) is 9.13. The fourth-order valence-corrected chi connectivity index (χ4v) is 3.27. The fourth-order valence-electron chi connectivity index (χ4n) is 1.97. The maximum Gasteiger partial charge on any atom is 0.336 e. The van der Waals surface area contributed by atoms with Crippen LogP contribution in [-0.4, -0.2) is 24.7 Å². The van der Waals surface area contributed by atoms with E-state index in [9.17, 15) is 13.2 Å². The zero-order chi connectivity index (χ0) is 15.5. The normalized spacial score (nSPS) is 13.2. The predicted molar refractivity (Wildman–Crippen MR) is 79.6 cm³/mol. The Bertz CT molecular complexity index is 593. The number of rotatable bonds is 6. The van der Waals surface area contributed by atoms with Crippen molar-refractivity contribution >= 4 is 21.7 Å². The second kappa shape index (κ2) is 6.26. The Morgan fingerprint density at radius 3 is 2.40 bits per heavy atom. The zero-order valence-electron chi connectivity index (χ0n) is 12.2. The molecule has 0 radical (unpaired) electrons. The number of hydrogen-bond donors (Lipinski definition) is 2. The highest BCUT2D eigenvalue weighted by atomic mass is 32.2. The molecule has 0 amide bonds. The van der Waals surface area contributed by atoms with Gasteiger partial charge in [0.05, 0.1) is 10.8 Å². The third-order valence-electron chi connectivity index (χ3n) is 3.06. The van der Waals surface area contributed by atoms with Crippen molar-refractivity contribution in [1.29, 1.82) is 0 Å². The Hall–Kier alpha value is -1.56. The Labute approximate surface area is 120 Å². The van der Waals surface area contributed by atoms with Crippen molar-refractivity contribution in [2.24, 2.45) is 5.92 Å². The number of carbonyl (C=O) groups is 1. The van der Waals surface area contributed by atoms with Crippen LogP contribution in [0.25, 0.3) is 0 Å². The quantitative estimate of drug-likeness (QED) is 0.846. The second-order valence-electron chi connectivity index (χ2n) is 5.42. The van der Waals surface area contributed by atoms with E-state index >= 15 is 0 Å². The summed E-state index contributed by atoms with van der Waals surface area (Å²) in [4.78, 5) is 11.0. The van der Waals surface area contributed by atoms with E-state index in [4.69, 9.17) is 5.11 Å². The molecule has 112 valence electrons. The number of sulfonamides is 1. The first-order valence-corrected chi connectivity index (χ1v) is 8.03. The van der Waals surface area contributed by atoms with Crippen molar-refractivity contribution in [2.75, 3.05) is 4.72 Å². The van der Waals surface area contributed by atoms with E-state index in [-0.39, 0.29) is 17.2 Å². The molecule has 0 spiro atoms. The molecule has 5 nitrogen and oxygen atoms in total. The molecule has 1 aromatic rings. The highest BCUT2D eigenvalue weighted by Crippen LogP contribution is 2.20. The van der Waals surface area contributed by atoms with Gasteiger partial charge in [0.1, 0.15) is 0 Å². The number of nitrogens with one attached hydrogen (secondary N) is 1. The fraction of sp³-hybridized carbons (Fsp3) is 0.500. The molecule has 0 fully saturated rings. The molecule has 0 aliphatic heterocycles. The summed E-state index contributed by atoms with van der Waals surface area (Å²) < 4.78 is 26.7. The van der Waals surface area contributed by atoms with Gasteiger partial charge in [0.25, 0.3) is 0 Å². The average Bonchev–Trinajstić information content (AvgIpc) is 2.30. The van der Waals surface area contributed by atoms with Crippen LogP contribution in [0.4, 0.5) is 5.69 Å². The van der Waals surface area contributed by atoms with E-state index < -0.39 is 21.2 Å². The van der Waals surface area contributed by atoms with Gasteiger partial charge in [0.2, 0.25) is 10.0 Å². The largest absolute Gasteiger partial charge is 0.478 e. The van der Waals surface area contributed by atoms with Crippen molar-refractivity contribution in [3.8, 4) is 0 Å². The van der Waals surface area contributed by atoms with E-state index in [1.54, 1.807) is 26.0 Å². The van der Waals surface area contributed by atoms with Crippen LogP contribution in [0.3, 0.4) is 0 Å². The predicted octanol–water partition coefficient (Wildman–Crippen LogP) is 2.87. The van der Waals surface area contributed by atoms with Crippen LogP contribution in [0.15, 0.2) is 18.2 Å². The number of benzene rings is 1. The summed E-state index contributed by atoms with van der Waals surface area (Å²) in [6.45, 7) is 7.23. The lowest BCUT2D eigenvalue weighted by molar-refractivity contribution is 0.0696. The molecular formula is C14H21NO4S. The molecule has 2 N–H and O–H groups in total. The highest BCUT2D eigenvalue weighted by Gasteiger charge is 2.22. The van der Waals surface area contributed by atoms with E-state index in [0.717, 1.165) is 0 Å². The number of carboxylic acid groups (broad SMARTS) is 1. The van der Waals surface area contributed by atoms with Gasteiger partial charge in [-0.05, 0) is 43.9 Å². The van der Waals surface area contributed by atoms with Crippen molar-refractivity contribution < 1.29 is 18.3 Å². The molecule has 0 heterocycles. The molecule has 0 saturated carbocycles. The summed E-state index contributed by atoms with van der Waals surface area (Å²) in [6, 6.07) is 4.51. The van der Waals surface area contributed by atoms with Crippen molar-refractivity contribution in [2.45, 2.75) is 39.4 Å². The van der Waals surface area contributed by atoms with Gasteiger partial charge in [-0.15, -0.1) is 0 Å². The third-order valence-corrected chi connectivity index (χ3v) is 4.83.